The summed E-state index contributed by atoms with van der Waals surface area (Å²) >= 11 is 0. The molecule has 0 aromatic carbocycles. The van der Waals surface area contributed by atoms with Gasteiger partial charge in [0.25, 0.3) is 0 Å². The van der Waals surface area contributed by atoms with E-state index in [0.717, 1.165) is 24.8 Å². The first-order valence-corrected chi connectivity index (χ1v) is 6.74. The number of aliphatic hydroxyl groups excluding tert-OH is 1. The van der Waals surface area contributed by atoms with Crippen LogP contribution in [0.3, 0.4) is 0 Å². The topological polar surface area (TPSA) is 67.2 Å². The molecule has 104 valence electrons. The number of nitrogens with one attached hydrogen (secondary N) is 1. The van der Waals surface area contributed by atoms with Crippen LogP contribution in [0.4, 0.5) is 0 Å². The molecule has 5 heteroatoms. The molecule has 2 rings (SSSR count). The van der Waals surface area contributed by atoms with E-state index in [2.05, 4.69) is 10.4 Å². The van der Waals surface area contributed by atoms with Crippen molar-refractivity contribution in [1.29, 1.82) is 0 Å². The van der Waals surface area contributed by atoms with Crippen molar-refractivity contribution < 1.29 is 9.90 Å². The van der Waals surface area contributed by atoms with E-state index in [1.807, 2.05) is 13.2 Å². The summed E-state index contributed by atoms with van der Waals surface area (Å²) in [5, 5.41) is 16.2. The van der Waals surface area contributed by atoms with Crippen molar-refractivity contribution >= 4 is 12.0 Å². The molecule has 5 nitrogen and oxygen atoms in total. The molecule has 2 unspecified atom stereocenters. The Bertz CT molecular complexity index is 453. The molecule has 1 saturated carbocycles. The molecule has 1 heterocycles. The number of carbonyl (C=O) groups excluding carboxylic acids is 1. The fourth-order valence-electron chi connectivity index (χ4n) is 2.61. The van der Waals surface area contributed by atoms with Gasteiger partial charge in [0.05, 0.1) is 6.20 Å². The lowest BCUT2D eigenvalue weighted by Crippen LogP contribution is -2.30. The fraction of sp³-hybridized carbons (Fsp3) is 0.571. The Morgan fingerprint density at radius 3 is 3.05 bits per heavy atom. The molecule has 0 saturated heterocycles. The maximum atomic E-state index is 11.7. The third-order valence-corrected chi connectivity index (χ3v) is 3.74. The number of carbonyl (C=O) groups is 1. The largest absolute Gasteiger partial charge is 0.396 e. The number of amides is 1. The highest BCUT2D eigenvalue weighted by Crippen LogP contribution is 2.30. The summed E-state index contributed by atoms with van der Waals surface area (Å²) in [4.78, 5) is 11.7. The van der Waals surface area contributed by atoms with Crippen molar-refractivity contribution in [2.45, 2.75) is 19.3 Å². The van der Waals surface area contributed by atoms with Crippen LogP contribution in [-0.4, -0.2) is 33.9 Å². The number of rotatable bonds is 5. The average Bonchev–Trinajstić information content (AvgIpc) is 3.02. The minimum Gasteiger partial charge on any atom is -0.396 e. The van der Waals surface area contributed by atoms with Gasteiger partial charge in [-0.2, -0.15) is 5.10 Å². The van der Waals surface area contributed by atoms with Gasteiger partial charge in [-0.05, 0) is 30.8 Å². The lowest BCUT2D eigenvalue weighted by atomic mass is 9.97. The van der Waals surface area contributed by atoms with E-state index < -0.39 is 0 Å². The first kappa shape index (κ1) is 13.8. The van der Waals surface area contributed by atoms with Gasteiger partial charge in [-0.15, -0.1) is 0 Å². The molecule has 0 spiro atoms. The monoisotopic (exact) mass is 263 g/mol. The van der Waals surface area contributed by atoms with Crippen LogP contribution < -0.4 is 5.32 Å². The zero-order valence-electron chi connectivity index (χ0n) is 11.2. The normalized spacial score (nSPS) is 23.1. The van der Waals surface area contributed by atoms with Crippen molar-refractivity contribution in [3.63, 3.8) is 0 Å². The van der Waals surface area contributed by atoms with Crippen LogP contribution >= 0.6 is 0 Å². The summed E-state index contributed by atoms with van der Waals surface area (Å²) < 4.78 is 1.70. The van der Waals surface area contributed by atoms with E-state index in [1.54, 1.807) is 17.0 Å². The number of hydrogen-bond donors (Lipinski definition) is 2. The molecular weight excluding hydrogens is 242 g/mol. The summed E-state index contributed by atoms with van der Waals surface area (Å²) in [6.45, 7) is 0.882. The second-order valence-electron chi connectivity index (χ2n) is 5.16. The molecule has 1 fully saturated rings. The van der Waals surface area contributed by atoms with Gasteiger partial charge in [-0.1, -0.05) is 6.42 Å². The summed E-state index contributed by atoms with van der Waals surface area (Å²) in [6, 6.07) is 0. The SMILES string of the molecule is Cn1cc(C=CC(=O)NCC2CCCC2CO)cn1. The second-order valence-corrected chi connectivity index (χ2v) is 5.16. The van der Waals surface area contributed by atoms with Crippen LogP contribution in [0.25, 0.3) is 6.08 Å². The van der Waals surface area contributed by atoms with Crippen LogP contribution in [0.2, 0.25) is 0 Å². The lowest BCUT2D eigenvalue weighted by molar-refractivity contribution is -0.116. The van der Waals surface area contributed by atoms with E-state index in [0.29, 0.717) is 18.4 Å². The molecule has 1 amide bonds. The van der Waals surface area contributed by atoms with Crippen LogP contribution in [0.5, 0.6) is 0 Å². The van der Waals surface area contributed by atoms with Gasteiger partial charge < -0.3 is 10.4 Å². The molecular formula is C14H21N3O2. The zero-order valence-corrected chi connectivity index (χ0v) is 11.2. The van der Waals surface area contributed by atoms with Gasteiger partial charge >= 0.3 is 0 Å². The Hall–Kier alpha value is -1.62. The van der Waals surface area contributed by atoms with E-state index >= 15 is 0 Å². The summed E-state index contributed by atoms with van der Waals surface area (Å²) in [5.41, 5.74) is 0.909. The van der Waals surface area contributed by atoms with Gasteiger partial charge in [0.15, 0.2) is 0 Å². The van der Waals surface area contributed by atoms with E-state index in [-0.39, 0.29) is 12.5 Å². The van der Waals surface area contributed by atoms with Crippen molar-refractivity contribution in [3.8, 4) is 0 Å². The van der Waals surface area contributed by atoms with Crippen molar-refractivity contribution in [1.82, 2.24) is 15.1 Å². The third-order valence-electron chi connectivity index (χ3n) is 3.74. The Labute approximate surface area is 113 Å². The van der Waals surface area contributed by atoms with E-state index in [9.17, 15) is 9.90 Å². The highest BCUT2D eigenvalue weighted by molar-refractivity contribution is 5.91. The van der Waals surface area contributed by atoms with Crippen LogP contribution in [0.1, 0.15) is 24.8 Å². The van der Waals surface area contributed by atoms with Crippen molar-refractivity contribution in [2.75, 3.05) is 13.2 Å². The second kappa shape index (κ2) is 6.52. The minimum absolute atomic E-state index is 0.0903. The Morgan fingerprint density at radius 1 is 1.58 bits per heavy atom. The maximum absolute atomic E-state index is 11.7. The summed E-state index contributed by atoms with van der Waals surface area (Å²) in [6.07, 6.45) is 10.2. The molecule has 0 bridgehead atoms. The van der Waals surface area contributed by atoms with E-state index in [4.69, 9.17) is 0 Å². The molecule has 2 atom stereocenters. The van der Waals surface area contributed by atoms with Gasteiger partial charge in [-0.3, -0.25) is 9.48 Å². The van der Waals surface area contributed by atoms with Gasteiger partial charge in [-0.25, -0.2) is 0 Å². The van der Waals surface area contributed by atoms with E-state index in [1.165, 1.54) is 6.08 Å². The third kappa shape index (κ3) is 3.92. The van der Waals surface area contributed by atoms with Crippen LogP contribution in [-0.2, 0) is 11.8 Å². The molecule has 1 aromatic rings. The highest BCUT2D eigenvalue weighted by atomic mass is 16.3. The first-order chi connectivity index (χ1) is 9.19. The summed E-state index contributed by atoms with van der Waals surface area (Å²) in [7, 11) is 1.84. The maximum Gasteiger partial charge on any atom is 0.244 e. The standard InChI is InChI=1S/C14H21N3O2/c1-17-9-11(7-16-17)5-6-14(19)15-8-12-3-2-4-13(12)10-18/h5-7,9,12-13,18H,2-4,8,10H2,1H3,(H,15,19). The molecule has 19 heavy (non-hydrogen) atoms. The highest BCUT2D eigenvalue weighted by Gasteiger charge is 2.26. The lowest BCUT2D eigenvalue weighted by Gasteiger charge is -2.17. The summed E-state index contributed by atoms with van der Waals surface area (Å²) in [5.74, 6) is 0.677. The number of aryl methyl sites for hydroxylation is 1. The van der Waals surface area contributed by atoms with Gasteiger partial charge in [0, 0.05) is 38.0 Å². The van der Waals surface area contributed by atoms with Crippen molar-refractivity contribution in [2.24, 2.45) is 18.9 Å². The molecule has 0 aliphatic heterocycles. The van der Waals surface area contributed by atoms with Crippen LogP contribution in [0, 0.1) is 11.8 Å². The number of nitrogens with zero attached hydrogens (tertiary/aromatic N) is 2. The van der Waals surface area contributed by atoms with Gasteiger partial charge in [0.1, 0.15) is 0 Å². The molecule has 1 aliphatic rings. The average molecular weight is 263 g/mol. The van der Waals surface area contributed by atoms with Crippen molar-refractivity contribution in [3.05, 3.63) is 24.0 Å². The van der Waals surface area contributed by atoms with Gasteiger partial charge in [0.2, 0.25) is 5.91 Å². The fourth-order valence-corrected chi connectivity index (χ4v) is 2.61. The minimum atomic E-state index is -0.0903. The Kier molecular flexibility index (Phi) is 4.74. The number of hydrogen-bond acceptors (Lipinski definition) is 3. The zero-order chi connectivity index (χ0) is 13.7. The first-order valence-electron chi connectivity index (χ1n) is 6.74. The number of aromatic nitrogens is 2. The molecule has 1 aromatic heterocycles. The Morgan fingerprint density at radius 2 is 2.37 bits per heavy atom. The smallest absolute Gasteiger partial charge is 0.244 e. The number of aliphatic hydroxyl groups is 1. The van der Waals surface area contributed by atoms with Crippen LogP contribution in [0.15, 0.2) is 18.5 Å². The molecule has 2 N–H and O–H groups in total. The molecule has 0 radical (unpaired) electrons. The quantitative estimate of drug-likeness (QED) is 0.778. The predicted octanol–water partition coefficient (Wildman–Crippen LogP) is 0.958. The molecule has 1 aliphatic carbocycles. The Balaban J connectivity index is 1.77. The predicted molar refractivity (Wildman–Crippen MR) is 73.2 cm³/mol.